The van der Waals surface area contributed by atoms with Gasteiger partial charge in [0.15, 0.2) is 0 Å². The highest BCUT2D eigenvalue weighted by atomic mass is 19.1. The summed E-state index contributed by atoms with van der Waals surface area (Å²) in [5, 5.41) is 18.1. The lowest BCUT2D eigenvalue weighted by atomic mass is 10.2. The monoisotopic (exact) mass is 241 g/mol. The van der Waals surface area contributed by atoms with Crippen LogP contribution < -0.4 is 4.90 Å². The van der Waals surface area contributed by atoms with Crippen molar-refractivity contribution < 1.29 is 19.4 Å². The number of carboxylic acid groups (broad SMARTS) is 1. The van der Waals surface area contributed by atoms with Crippen LogP contribution >= 0.6 is 0 Å². The molecule has 1 rings (SSSR count). The molecule has 1 unspecified atom stereocenters. The highest BCUT2D eigenvalue weighted by molar-refractivity contribution is 5.67. The second kappa shape index (κ2) is 6.20. The Balaban J connectivity index is 2.65. The van der Waals surface area contributed by atoms with Gasteiger partial charge in [-0.05, 0) is 31.2 Å². The molecule has 0 amide bonds. The van der Waals surface area contributed by atoms with E-state index in [0.29, 0.717) is 6.54 Å². The molecule has 0 aromatic heterocycles. The van der Waals surface area contributed by atoms with E-state index in [-0.39, 0.29) is 18.8 Å². The summed E-state index contributed by atoms with van der Waals surface area (Å²) in [5.41, 5.74) is 0.762. The fraction of sp³-hybridized carbons (Fsp3) is 0.417. The van der Waals surface area contributed by atoms with Crippen LogP contribution in [0.15, 0.2) is 24.3 Å². The molecular formula is C12H16FNO3. The van der Waals surface area contributed by atoms with Crippen LogP contribution in [0.4, 0.5) is 10.1 Å². The third kappa shape index (κ3) is 4.40. The third-order valence-electron chi connectivity index (χ3n) is 2.41. The normalized spacial score (nSPS) is 12.2. The molecule has 0 aliphatic heterocycles. The molecule has 1 aromatic rings. The van der Waals surface area contributed by atoms with Crippen molar-refractivity contribution in [2.24, 2.45) is 0 Å². The van der Waals surface area contributed by atoms with Gasteiger partial charge in [0, 0.05) is 18.8 Å². The lowest BCUT2D eigenvalue weighted by Gasteiger charge is -2.25. The molecule has 0 radical (unpaired) electrons. The molecule has 5 heteroatoms. The fourth-order valence-electron chi connectivity index (χ4n) is 1.59. The number of anilines is 1. The van der Waals surface area contributed by atoms with Crippen molar-refractivity contribution in [1.82, 2.24) is 0 Å². The minimum atomic E-state index is -1.03. The summed E-state index contributed by atoms with van der Waals surface area (Å²) in [6, 6.07) is 5.88. The average Bonchev–Trinajstić information content (AvgIpc) is 2.26. The Kier molecular flexibility index (Phi) is 4.90. The van der Waals surface area contributed by atoms with Crippen LogP contribution in [-0.4, -0.2) is 35.4 Å². The molecule has 0 aliphatic carbocycles. The van der Waals surface area contributed by atoms with E-state index in [4.69, 9.17) is 5.11 Å². The van der Waals surface area contributed by atoms with E-state index in [2.05, 4.69) is 0 Å². The highest BCUT2D eigenvalue weighted by Crippen LogP contribution is 2.15. The summed E-state index contributed by atoms with van der Waals surface area (Å²) in [6.45, 7) is 2.72. The Labute approximate surface area is 99.3 Å². The summed E-state index contributed by atoms with van der Waals surface area (Å²) in [5.74, 6) is -1.36. The molecule has 1 atom stereocenters. The van der Waals surface area contributed by atoms with Gasteiger partial charge < -0.3 is 15.1 Å². The first-order valence-corrected chi connectivity index (χ1v) is 5.43. The summed E-state index contributed by atoms with van der Waals surface area (Å²) in [6.07, 6.45) is -1.23. The van der Waals surface area contributed by atoms with Gasteiger partial charge >= 0.3 is 5.97 Å². The Bertz CT molecular complexity index is 367. The largest absolute Gasteiger partial charge is 0.481 e. The maximum absolute atomic E-state index is 12.7. The van der Waals surface area contributed by atoms with Gasteiger partial charge in [0.2, 0.25) is 0 Å². The second-order valence-electron chi connectivity index (χ2n) is 3.77. The predicted octanol–water partition coefficient (Wildman–Crippen LogP) is 1.49. The lowest BCUT2D eigenvalue weighted by Crippen LogP contribution is -2.33. The summed E-state index contributed by atoms with van der Waals surface area (Å²) < 4.78 is 12.7. The average molecular weight is 241 g/mol. The molecule has 0 fully saturated rings. The molecule has 1 aromatic carbocycles. The van der Waals surface area contributed by atoms with E-state index >= 15 is 0 Å². The number of aliphatic hydroxyl groups is 1. The van der Waals surface area contributed by atoms with Gasteiger partial charge in [0.05, 0.1) is 12.5 Å². The summed E-state index contributed by atoms with van der Waals surface area (Å²) in [4.78, 5) is 12.2. The Hall–Kier alpha value is -1.62. The van der Waals surface area contributed by atoms with Crippen molar-refractivity contribution in [3.63, 3.8) is 0 Å². The lowest BCUT2D eigenvalue weighted by molar-refractivity contribution is -0.139. The van der Waals surface area contributed by atoms with Gasteiger partial charge in [-0.15, -0.1) is 0 Å². The summed E-state index contributed by atoms with van der Waals surface area (Å²) in [7, 11) is 0. The molecule has 17 heavy (non-hydrogen) atoms. The topological polar surface area (TPSA) is 60.8 Å². The van der Waals surface area contributed by atoms with Crippen LogP contribution in [0.3, 0.4) is 0 Å². The zero-order valence-electron chi connectivity index (χ0n) is 9.64. The van der Waals surface area contributed by atoms with E-state index in [1.807, 2.05) is 6.92 Å². The molecule has 2 N–H and O–H groups in total. The second-order valence-corrected chi connectivity index (χ2v) is 3.77. The van der Waals surface area contributed by atoms with Crippen molar-refractivity contribution in [3.05, 3.63) is 30.1 Å². The molecule has 0 heterocycles. The van der Waals surface area contributed by atoms with Crippen LogP contribution in [0.2, 0.25) is 0 Å². The fourth-order valence-corrected chi connectivity index (χ4v) is 1.59. The first kappa shape index (κ1) is 13.4. The maximum atomic E-state index is 12.7. The number of hydrogen-bond donors (Lipinski definition) is 2. The number of aliphatic carboxylic acids is 1. The van der Waals surface area contributed by atoms with Crippen LogP contribution in [0.1, 0.15) is 13.3 Å². The van der Waals surface area contributed by atoms with Crippen LogP contribution in [0.25, 0.3) is 0 Å². The number of aliphatic hydroxyl groups excluding tert-OH is 1. The molecule has 0 bridgehead atoms. The molecule has 0 spiro atoms. The van der Waals surface area contributed by atoms with Crippen molar-refractivity contribution in [2.45, 2.75) is 19.4 Å². The standard InChI is InChI=1S/C12H16FNO3/c1-2-14(8-11(15)7-12(16)17)10-5-3-9(13)4-6-10/h3-6,11,15H,2,7-8H2,1H3,(H,16,17). The third-order valence-corrected chi connectivity index (χ3v) is 2.41. The van der Waals surface area contributed by atoms with E-state index in [1.165, 1.54) is 12.1 Å². The number of halogens is 1. The van der Waals surface area contributed by atoms with E-state index in [0.717, 1.165) is 5.69 Å². The van der Waals surface area contributed by atoms with Gasteiger partial charge in [-0.1, -0.05) is 0 Å². The molecule has 94 valence electrons. The minimum absolute atomic E-state index is 0.217. The van der Waals surface area contributed by atoms with Crippen molar-refractivity contribution in [2.75, 3.05) is 18.0 Å². The summed E-state index contributed by atoms with van der Waals surface area (Å²) >= 11 is 0. The number of carbonyl (C=O) groups is 1. The van der Waals surface area contributed by atoms with E-state index in [1.54, 1.807) is 17.0 Å². The number of nitrogens with zero attached hydrogens (tertiary/aromatic N) is 1. The SMILES string of the molecule is CCN(CC(O)CC(=O)O)c1ccc(F)cc1. The minimum Gasteiger partial charge on any atom is -0.481 e. The molecule has 0 aliphatic rings. The van der Waals surface area contributed by atoms with Gasteiger partial charge in [-0.25, -0.2) is 4.39 Å². The quantitative estimate of drug-likeness (QED) is 0.792. The number of rotatable bonds is 6. The van der Waals surface area contributed by atoms with Crippen molar-refractivity contribution in [3.8, 4) is 0 Å². The van der Waals surface area contributed by atoms with Crippen molar-refractivity contribution >= 4 is 11.7 Å². The van der Waals surface area contributed by atoms with Crippen LogP contribution in [0, 0.1) is 5.82 Å². The molecule has 4 nitrogen and oxygen atoms in total. The number of likely N-dealkylation sites (N-methyl/N-ethyl adjacent to an activating group) is 1. The zero-order chi connectivity index (χ0) is 12.8. The van der Waals surface area contributed by atoms with Gasteiger partial charge in [-0.2, -0.15) is 0 Å². The smallest absolute Gasteiger partial charge is 0.306 e. The predicted molar refractivity (Wildman–Crippen MR) is 62.5 cm³/mol. The first-order chi connectivity index (χ1) is 8.02. The van der Waals surface area contributed by atoms with Crippen molar-refractivity contribution in [1.29, 1.82) is 0 Å². The number of benzene rings is 1. The molecular weight excluding hydrogens is 225 g/mol. The Morgan fingerprint density at radius 2 is 2.00 bits per heavy atom. The van der Waals surface area contributed by atoms with E-state index in [9.17, 15) is 14.3 Å². The van der Waals surface area contributed by atoms with E-state index < -0.39 is 12.1 Å². The zero-order valence-corrected chi connectivity index (χ0v) is 9.64. The van der Waals surface area contributed by atoms with Gasteiger partial charge in [-0.3, -0.25) is 4.79 Å². The van der Waals surface area contributed by atoms with Gasteiger partial charge in [0.1, 0.15) is 5.82 Å². The molecule has 0 saturated heterocycles. The Morgan fingerprint density at radius 1 is 1.41 bits per heavy atom. The Morgan fingerprint density at radius 3 is 2.47 bits per heavy atom. The number of carboxylic acids is 1. The molecule has 0 saturated carbocycles. The first-order valence-electron chi connectivity index (χ1n) is 5.43. The maximum Gasteiger partial charge on any atom is 0.306 e. The van der Waals surface area contributed by atoms with Crippen LogP contribution in [0.5, 0.6) is 0 Å². The van der Waals surface area contributed by atoms with Gasteiger partial charge in [0.25, 0.3) is 0 Å². The van der Waals surface area contributed by atoms with Crippen LogP contribution in [-0.2, 0) is 4.79 Å². The highest BCUT2D eigenvalue weighted by Gasteiger charge is 2.14. The number of hydrogen-bond acceptors (Lipinski definition) is 3.